The first-order chi connectivity index (χ1) is 8.20. The molecule has 2 aromatic rings. The third kappa shape index (κ3) is 2.81. The van der Waals surface area contributed by atoms with Crippen LogP contribution in [0.2, 0.25) is 5.02 Å². The van der Waals surface area contributed by atoms with E-state index in [1.807, 2.05) is 25.1 Å². The predicted molar refractivity (Wildman–Crippen MR) is 70.0 cm³/mol. The van der Waals surface area contributed by atoms with Crippen molar-refractivity contribution in [3.05, 3.63) is 46.9 Å². The fourth-order valence-electron chi connectivity index (χ4n) is 1.58. The summed E-state index contributed by atoms with van der Waals surface area (Å²) in [5, 5.41) is 0.765. The number of aromatic nitrogens is 2. The van der Waals surface area contributed by atoms with E-state index in [-0.39, 0.29) is 0 Å². The zero-order valence-electron chi connectivity index (χ0n) is 9.65. The smallest absolute Gasteiger partial charge is 0.0885 e. The quantitative estimate of drug-likeness (QED) is 0.907. The van der Waals surface area contributed by atoms with Gasteiger partial charge in [0.15, 0.2) is 0 Å². The van der Waals surface area contributed by atoms with Crippen LogP contribution in [0.5, 0.6) is 0 Å². The standard InChI is InChI=1S/C13H14ClN3/c1-9-6-10(2-3-12(9)14)13-8-16-11(4-5-15)7-17-13/h2-3,6-8H,4-5,15H2,1H3. The van der Waals surface area contributed by atoms with Crippen molar-refractivity contribution in [3.63, 3.8) is 0 Å². The van der Waals surface area contributed by atoms with Gasteiger partial charge in [0.1, 0.15) is 0 Å². The van der Waals surface area contributed by atoms with Gasteiger partial charge in [0.25, 0.3) is 0 Å². The molecule has 0 unspecified atom stereocenters. The largest absolute Gasteiger partial charge is 0.330 e. The number of halogens is 1. The van der Waals surface area contributed by atoms with Crippen LogP contribution in [0.25, 0.3) is 11.3 Å². The molecule has 88 valence electrons. The highest BCUT2D eigenvalue weighted by molar-refractivity contribution is 6.31. The van der Waals surface area contributed by atoms with Crippen molar-refractivity contribution in [2.75, 3.05) is 6.54 Å². The maximum absolute atomic E-state index is 5.98. The summed E-state index contributed by atoms with van der Waals surface area (Å²) in [6.07, 6.45) is 4.30. The average Bonchev–Trinajstić information content (AvgIpc) is 2.34. The number of hydrogen-bond donors (Lipinski definition) is 1. The lowest BCUT2D eigenvalue weighted by molar-refractivity contribution is 0.909. The lowest BCUT2D eigenvalue weighted by Gasteiger charge is -2.04. The van der Waals surface area contributed by atoms with Gasteiger partial charge in [0.2, 0.25) is 0 Å². The molecule has 1 heterocycles. The fraction of sp³-hybridized carbons (Fsp3) is 0.231. The van der Waals surface area contributed by atoms with E-state index in [0.29, 0.717) is 6.54 Å². The molecule has 0 bridgehead atoms. The summed E-state index contributed by atoms with van der Waals surface area (Å²) in [7, 11) is 0. The van der Waals surface area contributed by atoms with Crippen molar-refractivity contribution in [3.8, 4) is 11.3 Å². The van der Waals surface area contributed by atoms with Crippen molar-refractivity contribution in [2.45, 2.75) is 13.3 Å². The molecule has 1 aromatic heterocycles. The lowest BCUT2D eigenvalue weighted by atomic mass is 10.1. The highest BCUT2D eigenvalue weighted by Gasteiger charge is 2.03. The molecule has 0 radical (unpaired) electrons. The summed E-state index contributed by atoms with van der Waals surface area (Å²) in [6, 6.07) is 5.83. The van der Waals surface area contributed by atoms with Gasteiger partial charge in [-0.25, -0.2) is 0 Å². The maximum atomic E-state index is 5.98. The first-order valence-electron chi connectivity index (χ1n) is 5.48. The molecule has 3 nitrogen and oxygen atoms in total. The molecule has 0 saturated carbocycles. The van der Waals surface area contributed by atoms with Gasteiger partial charge in [0, 0.05) is 23.2 Å². The number of aryl methyl sites for hydroxylation is 1. The van der Waals surface area contributed by atoms with Crippen LogP contribution < -0.4 is 5.73 Å². The van der Waals surface area contributed by atoms with Crippen molar-refractivity contribution in [2.24, 2.45) is 5.73 Å². The summed E-state index contributed by atoms with van der Waals surface area (Å²) in [6.45, 7) is 2.57. The lowest BCUT2D eigenvalue weighted by Crippen LogP contribution is -2.04. The van der Waals surface area contributed by atoms with Gasteiger partial charge in [-0.05, 0) is 31.2 Å². The highest BCUT2D eigenvalue weighted by Crippen LogP contribution is 2.22. The van der Waals surface area contributed by atoms with Crippen LogP contribution in [0.15, 0.2) is 30.6 Å². The van der Waals surface area contributed by atoms with E-state index in [4.69, 9.17) is 17.3 Å². The van der Waals surface area contributed by atoms with Crippen LogP contribution in [-0.2, 0) is 6.42 Å². The maximum Gasteiger partial charge on any atom is 0.0885 e. The number of rotatable bonds is 3. The second-order valence-corrected chi connectivity index (χ2v) is 4.30. The number of nitrogens with two attached hydrogens (primary N) is 1. The fourth-order valence-corrected chi connectivity index (χ4v) is 1.70. The summed E-state index contributed by atoms with van der Waals surface area (Å²) >= 11 is 5.98. The zero-order chi connectivity index (χ0) is 12.3. The number of nitrogens with zero attached hydrogens (tertiary/aromatic N) is 2. The second-order valence-electron chi connectivity index (χ2n) is 3.90. The molecule has 2 rings (SSSR count). The molecule has 4 heteroatoms. The Labute approximate surface area is 106 Å². The predicted octanol–water partition coefficient (Wildman–Crippen LogP) is 2.61. The molecule has 0 saturated heterocycles. The monoisotopic (exact) mass is 247 g/mol. The molecule has 0 amide bonds. The molecule has 0 aliphatic heterocycles. The van der Waals surface area contributed by atoms with E-state index < -0.39 is 0 Å². The van der Waals surface area contributed by atoms with E-state index in [1.54, 1.807) is 12.4 Å². The number of benzene rings is 1. The molecule has 2 N–H and O–H groups in total. The molecule has 0 atom stereocenters. The Kier molecular flexibility index (Phi) is 3.71. The van der Waals surface area contributed by atoms with Crippen LogP contribution in [0, 0.1) is 6.92 Å². The van der Waals surface area contributed by atoms with Crippen LogP contribution >= 0.6 is 11.6 Å². The third-order valence-electron chi connectivity index (χ3n) is 2.56. The first kappa shape index (κ1) is 12.0. The number of hydrogen-bond acceptors (Lipinski definition) is 3. The average molecular weight is 248 g/mol. The molecule has 0 aliphatic rings. The minimum absolute atomic E-state index is 0.591. The van der Waals surface area contributed by atoms with Gasteiger partial charge in [-0.15, -0.1) is 0 Å². The van der Waals surface area contributed by atoms with E-state index >= 15 is 0 Å². The summed E-state index contributed by atoms with van der Waals surface area (Å²) < 4.78 is 0. The van der Waals surface area contributed by atoms with E-state index in [1.165, 1.54) is 0 Å². The van der Waals surface area contributed by atoms with E-state index in [9.17, 15) is 0 Å². The van der Waals surface area contributed by atoms with Crippen molar-refractivity contribution in [1.82, 2.24) is 9.97 Å². The van der Waals surface area contributed by atoms with Crippen LogP contribution in [0.3, 0.4) is 0 Å². The topological polar surface area (TPSA) is 51.8 Å². The Morgan fingerprint density at radius 2 is 2.06 bits per heavy atom. The summed E-state index contributed by atoms with van der Waals surface area (Å²) in [5.74, 6) is 0. The minimum Gasteiger partial charge on any atom is -0.330 e. The SMILES string of the molecule is Cc1cc(-c2cnc(CCN)cn2)ccc1Cl. The van der Waals surface area contributed by atoms with E-state index in [0.717, 1.165) is 34.0 Å². The first-order valence-corrected chi connectivity index (χ1v) is 5.86. The van der Waals surface area contributed by atoms with Crippen LogP contribution in [-0.4, -0.2) is 16.5 Å². The summed E-state index contributed by atoms with van der Waals surface area (Å²) in [4.78, 5) is 8.70. The van der Waals surface area contributed by atoms with Crippen LogP contribution in [0.4, 0.5) is 0 Å². The molecular formula is C13H14ClN3. The van der Waals surface area contributed by atoms with Crippen molar-refractivity contribution in [1.29, 1.82) is 0 Å². The zero-order valence-corrected chi connectivity index (χ0v) is 10.4. The molecule has 0 aliphatic carbocycles. The second kappa shape index (κ2) is 5.25. The van der Waals surface area contributed by atoms with Crippen molar-refractivity contribution >= 4 is 11.6 Å². The molecule has 0 fully saturated rings. The van der Waals surface area contributed by atoms with Gasteiger partial charge in [-0.2, -0.15) is 0 Å². The normalized spacial score (nSPS) is 10.5. The van der Waals surface area contributed by atoms with Gasteiger partial charge in [-0.1, -0.05) is 17.7 Å². The third-order valence-corrected chi connectivity index (χ3v) is 2.98. The van der Waals surface area contributed by atoms with Gasteiger partial charge in [0.05, 0.1) is 17.6 Å². The van der Waals surface area contributed by atoms with Crippen molar-refractivity contribution < 1.29 is 0 Å². The Bertz CT molecular complexity index is 509. The summed E-state index contributed by atoms with van der Waals surface area (Å²) in [5.41, 5.74) is 9.30. The Balaban J connectivity index is 2.30. The van der Waals surface area contributed by atoms with Gasteiger partial charge < -0.3 is 5.73 Å². The Morgan fingerprint density at radius 1 is 1.24 bits per heavy atom. The van der Waals surface area contributed by atoms with Gasteiger partial charge in [-0.3, -0.25) is 9.97 Å². The van der Waals surface area contributed by atoms with E-state index in [2.05, 4.69) is 9.97 Å². The Hall–Kier alpha value is -1.45. The Morgan fingerprint density at radius 3 is 2.65 bits per heavy atom. The molecule has 1 aromatic carbocycles. The van der Waals surface area contributed by atoms with Gasteiger partial charge >= 0.3 is 0 Å². The molecule has 0 spiro atoms. The van der Waals surface area contributed by atoms with Crippen LogP contribution in [0.1, 0.15) is 11.3 Å². The minimum atomic E-state index is 0.591. The molecular weight excluding hydrogens is 234 g/mol. The highest BCUT2D eigenvalue weighted by atomic mass is 35.5. The molecule has 17 heavy (non-hydrogen) atoms.